The minimum Gasteiger partial charge on any atom is -0.507 e. The Morgan fingerprint density at radius 1 is 0.857 bits per heavy atom. The molecule has 5 rings (SSSR count). The Bertz CT molecular complexity index is 1640. The van der Waals surface area contributed by atoms with Crippen LogP contribution in [0.3, 0.4) is 0 Å². The summed E-state index contributed by atoms with van der Waals surface area (Å²) in [6.45, 7) is 4.41. The molecule has 0 radical (unpaired) electrons. The van der Waals surface area contributed by atoms with Crippen LogP contribution in [-0.2, 0) is 20.9 Å². The number of ketones is 1. The van der Waals surface area contributed by atoms with Crippen molar-refractivity contribution in [1.29, 1.82) is 0 Å². The summed E-state index contributed by atoms with van der Waals surface area (Å²) < 4.78 is 11.2. The van der Waals surface area contributed by atoms with Gasteiger partial charge in [-0.15, -0.1) is 0 Å². The molecule has 1 N–H and O–H groups in total. The summed E-state index contributed by atoms with van der Waals surface area (Å²) in [5.41, 5.74) is 3.37. The summed E-state index contributed by atoms with van der Waals surface area (Å²) in [6.07, 6.45) is 0.674. The Morgan fingerprint density at radius 2 is 1.57 bits per heavy atom. The number of hydrogen-bond acceptors (Lipinski definition) is 6. The molecule has 0 saturated carbocycles. The molecule has 1 amide bonds. The Labute approximate surface area is 244 Å². The molecule has 0 bridgehead atoms. The summed E-state index contributed by atoms with van der Waals surface area (Å²) in [7, 11) is 0. The van der Waals surface area contributed by atoms with Crippen LogP contribution in [0.5, 0.6) is 5.75 Å². The fraction of sp³-hybridized carbons (Fsp3) is 0.171. The smallest absolute Gasteiger partial charge is 0.338 e. The highest BCUT2D eigenvalue weighted by atomic mass is 16.5. The van der Waals surface area contributed by atoms with E-state index in [0.29, 0.717) is 35.6 Å². The molecule has 1 atom stereocenters. The Kier molecular flexibility index (Phi) is 8.48. The van der Waals surface area contributed by atoms with Crippen molar-refractivity contribution >= 4 is 29.1 Å². The summed E-state index contributed by atoms with van der Waals surface area (Å²) in [6, 6.07) is 29.4. The molecule has 1 heterocycles. The Balaban J connectivity index is 1.53. The topological polar surface area (TPSA) is 93.1 Å². The van der Waals surface area contributed by atoms with Crippen LogP contribution in [0.1, 0.15) is 52.0 Å². The van der Waals surface area contributed by atoms with Crippen LogP contribution < -0.4 is 9.64 Å². The largest absolute Gasteiger partial charge is 0.507 e. The van der Waals surface area contributed by atoms with E-state index in [1.54, 1.807) is 60.7 Å². The van der Waals surface area contributed by atoms with Gasteiger partial charge in [0.2, 0.25) is 0 Å². The first-order valence-electron chi connectivity index (χ1n) is 13.8. The van der Waals surface area contributed by atoms with Crippen LogP contribution in [-0.4, -0.2) is 29.4 Å². The second-order valence-corrected chi connectivity index (χ2v) is 10.0. The molecular formula is C35H31NO6. The van der Waals surface area contributed by atoms with E-state index in [1.165, 1.54) is 11.0 Å². The molecule has 4 aromatic carbocycles. The van der Waals surface area contributed by atoms with E-state index in [4.69, 9.17) is 9.47 Å². The molecule has 0 spiro atoms. The third-order valence-corrected chi connectivity index (χ3v) is 7.04. The van der Waals surface area contributed by atoms with Gasteiger partial charge in [-0.3, -0.25) is 14.5 Å². The van der Waals surface area contributed by atoms with Crippen molar-refractivity contribution in [3.63, 3.8) is 0 Å². The van der Waals surface area contributed by atoms with Crippen LogP contribution in [0, 0.1) is 6.92 Å². The predicted molar refractivity (Wildman–Crippen MR) is 160 cm³/mol. The number of rotatable bonds is 9. The van der Waals surface area contributed by atoms with Gasteiger partial charge in [0.15, 0.2) is 0 Å². The third-order valence-electron chi connectivity index (χ3n) is 7.04. The van der Waals surface area contributed by atoms with E-state index >= 15 is 0 Å². The highest BCUT2D eigenvalue weighted by Gasteiger charge is 2.47. The van der Waals surface area contributed by atoms with Gasteiger partial charge >= 0.3 is 5.97 Å². The van der Waals surface area contributed by atoms with Gasteiger partial charge in [0.1, 0.15) is 18.1 Å². The van der Waals surface area contributed by atoms with Gasteiger partial charge < -0.3 is 14.6 Å². The van der Waals surface area contributed by atoms with Crippen LogP contribution in [0.15, 0.2) is 109 Å². The van der Waals surface area contributed by atoms with Gasteiger partial charge in [0.25, 0.3) is 11.7 Å². The maximum Gasteiger partial charge on any atom is 0.338 e. The summed E-state index contributed by atoms with van der Waals surface area (Å²) in [5, 5.41) is 11.5. The lowest BCUT2D eigenvalue weighted by Gasteiger charge is -2.25. The minimum absolute atomic E-state index is 0.0393. The van der Waals surface area contributed by atoms with E-state index in [2.05, 4.69) is 0 Å². The highest BCUT2D eigenvalue weighted by Crippen LogP contribution is 2.42. The van der Waals surface area contributed by atoms with Crippen molar-refractivity contribution in [3.8, 4) is 5.75 Å². The molecule has 1 unspecified atom stereocenters. The lowest BCUT2D eigenvalue weighted by atomic mass is 9.94. The van der Waals surface area contributed by atoms with Crippen molar-refractivity contribution in [2.45, 2.75) is 32.9 Å². The minimum atomic E-state index is -0.914. The number of hydrogen-bond donors (Lipinski definition) is 1. The predicted octanol–water partition coefficient (Wildman–Crippen LogP) is 6.77. The number of amides is 1. The fourth-order valence-corrected chi connectivity index (χ4v) is 4.96. The standard InChI is InChI=1S/C35H31NO6/c1-3-19-41-35(40)27-15-10-16-28(21-27)36-31(25-13-8-5-9-14-25)30(33(38)34(36)39)32(37)26-17-18-29(23(2)20-26)42-22-24-11-6-4-7-12-24/h4-18,20-21,31,37H,3,19,22H2,1-2H3/b32-30+. The Morgan fingerprint density at radius 3 is 2.26 bits per heavy atom. The summed E-state index contributed by atoms with van der Waals surface area (Å²) in [5.74, 6) is -1.79. The molecular weight excluding hydrogens is 530 g/mol. The van der Waals surface area contributed by atoms with Gasteiger partial charge in [-0.1, -0.05) is 73.7 Å². The van der Waals surface area contributed by atoms with Crippen LogP contribution in [0.2, 0.25) is 0 Å². The molecule has 1 aliphatic rings. The first-order valence-corrected chi connectivity index (χ1v) is 13.8. The molecule has 42 heavy (non-hydrogen) atoms. The first kappa shape index (κ1) is 28.4. The average molecular weight is 562 g/mol. The Hall–Kier alpha value is -5.17. The van der Waals surface area contributed by atoms with E-state index in [-0.39, 0.29) is 23.5 Å². The van der Waals surface area contributed by atoms with Crippen molar-refractivity contribution in [2.24, 2.45) is 0 Å². The maximum absolute atomic E-state index is 13.5. The molecule has 7 nitrogen and oxygen atoms in total. The number of Topliss-reactive ketones (excluding diaryl/α,β-unsaturated/α-hetero) is 1. The number of anilines is 1. The van der Waals surface area contributed by atoms with E-state index in [0.717, 1.165) is 11.1 Å². The second-order valence-electron chi connectivity index (χ2n) is 10.0. The molecule has 4 aromatic rings. The number of nitrogens with zero attached hydrogens (tertiary/aromatic N) is 1. The number of carbonyl (C=O) groups excluding carboxylic acids is 3. The lowest BCUT2D eigenvalue weighted by Crippen LogP contribution is -2.29. The molecule has 7 heteroatoms. The van der Waals surface area contributed by atoms with Gasteiger partial charge in [0.05, 0.1) is 23.8 Å². The van der Waals surface area contributed by atoms with Crippen molar-refractivity contribution in [2.75, 3.05) is 11.5 Å². The first-order chi connectivity index (χ1) is 20.4. The number of aliphatic hydroxyl groups is 1. The normalized spacial score (nSPS) is 16.0. The van der Waals surface area contributed by atoms with Crippen molar-refractivity contribution in [1.82, 2.24) is 0 Å². The molecule has 1 fully saturated rings. The average Bonchev–Trinajstić information content (AvgIpc) is 3.29. The molecule has 1 aliphatic heterocycles. The van der Waals surface area contributed by atoms with Gasteiger partial charge in [-0.05, 0) is 66.4 Å². The summed E-state index contributed by atoms with van der Waals surface area (Å²) in [4.78, 5) is 40.9. The number of aliphatic hydroxyl groups excluding tert-OH is 1. The number of carbonyl (C=O) groups is 3. The fourth-order valence-electron chi connectivity index (χ4n) is 4.96. The van der Waals surface area contributed by atoms with E-state index in [9.17, 15) is 19.5 Å². The quantitative estimate of drug-likeness (QED) is 0.105. The SMILES string of the molecule is CCCOC(=O)c1cccc(N2C(=O)C(=O)/C(=C(/O)c3ccc(OCc4ccccc4)c(C)c3)C2c2ccccc2)c1. The van der Waals surface area contributed by atoms with E-state index < -0.39 is 23.7 Å². The van der Waals surface area contributed by atoms with Crippen LogP contribution in [0.25, 0.3) is 5.76 Å². The maximum atomic E-state index is 13.5. The second kappa shape index (κ2) is 12.6. The van der Waals surface area contributed by atoms with Crippen LogP contribution in [0.4, 0.5) is 5.69 Å². The monoisotopic (exact) mass is 561 g/mol. The zero-order valence-electron chi connectivity index (χ0n) is 23.4. The lowest BCUT2D eigenvalue weighted by molar-refractivity contribution is -0.132. The van der Waals surface area contributed by atoms with Gasteiger partial charge in [0, 0.05) is 11.3 Å². The summed E-state index contributed by atoms with van der Waals surface area (Å²) >= 11 is 0. The molecule has 0 aromatic heterocycles. The van der Waals surface area contributed by atoms with Crippen molar-refractivity contribution < 1.29 is 29.0 Å². The number of esters is 1. The molecule has 1 saturated heterocycles. The van der Waals surface area contributed by atoms with Crippen LogP contribution >= 0.6 is 0 Å². The zero-order valence-corrected chi connectivity index (χ0v) is 23.4. The molecule has 0 aliphatic carbocycles. The van der Waals surface area contributed by atoms with Gasteiger partial charge in [-0.2, -0.15) is 0 Å². The van der Waals surface area contributed by atoms with Crippen molar-refractivity contribution in [3.05, 3.63) is 137 Å². The third kappa shape index (κ3) is 5.81. The zero-order chi connectivity index (χ0) is 29.6. The number of aryl methyl sites for hydroxylation is 1. The van der Waals surface area contributed by atoms with Gasteiger partial charge in [-0.25, -0.2) is 4.79 Å². The number of ether oxygens (including phenoxy) is 2. The number of benzene rings is 4. The van der Waals surface area contributed by atoms with E-state index in [1.807, 2.05) is 50.2 Å². The molecule has 212 valence electrons. The highest BCUT2D eigenvalue weighted by molar-refractivity contribution is 6.51.